The lowest BCUT2D eigenvalue weighted by Crippen LogP contribution is -2.14. The van der Waals surface area contributed by atoms with Crippen LogP contribution in [0.1, 0.15) is 6.42 Å². The van der Waals surface area contributed by atoms with Gasteiger partial charge in [-0.15, -0.1) is 0 Å². The Labute approximate surface area is 42.4 Å². The topological polar surface area (TPSA) is 29.5 Å². The number of rotatable bonds is 0. The molecule has 7 heavy (non-hydrogen) atoms. The highest BCUT2D eigenvalue weighted by molar-refractivity contribution is 4.81. The van der Waals surface area contributed by atoms with Crippen molar-refractivity contribution in [3.8, 4) is 0 Å². The molecule has 2 heteroatoms. The van der Waals surface area contributed by atoms with Crippen LogP contribution >= 0.6 is 0 Å². The Bertz CT molecular complexity index is 78.1. The van der Waals surface area contributed by atoms with Crippen molar-refractivity contribution in [1.29, 1.82) is 0 Å². The number of hydrogen-bond donors (Lipinski definition) is 1. The van der Waals surface area contributed by atoms with Crippen LogP contribution in [0, 0.1) is 0 Å². The first-order valence-electron chi connectivity index (χ1n) is 2.34. The summed E-state index contributed by atoms with van der Waals surface area (Å²) >= 11 is 0. The van der Waals surface area contributed by atoms with Crippen molar-refractivity contribution in [3.63, 3.8) is 0 Å². The summed E-state index contributed by atoms with van der Waals surface area (Å²) in [6.45, 7) is 0.455. The molecule has 0 aromatic heterocycles. The number of hydrogen-bond acceptors (Lipinski definition) is 2. The maximum atomic E-state index is 8.73. The van der Waals surface area contributed by atoms with Crippen LogP contribution in [0.3, 0.4) is 0 Å². The van der Waals surface area contributed by atoms with Crippen LogP contribution in [-0.4, -0.2) is 17.8 Å². The molecule has 1 heterocycles. The Hall–Kier alpha value is -0.500. The normalized spacial score (nSPS) is 29.6. The minimum absolute atomic E-state index is 0.273. The van der Waals surface area contributed by atoms with E-state index < -0.39 is 0 Å². The van der Waals surface area contributed by atoms with Gasteiger partial charge in [0.05, 0.1) is 12.4 Å². The molecule has 2 nitrogen and oxygen atoms in total. The highest BCUT2D eigenvalue weighted by Crippen LogP contribution is 2.00. The molecule has 0 saturated carbocycles. The van der Waals surface area contributed by atoms with E-state index in [4.69, 9.17) is 9.84 Å². The van der Waals surface area contributed by atoms with E-state index >= 15 is 0 Å². The standard InChI is InChI=1S/C5H8O2/c6-5-2-1-3-7-4-5/h1,3,5-6H,2,4H2. The zero-order chi connectivity index (χ0) is 5.11. The number of ether oxygens (including phenoxy) is 1. The first-order valence-corrected chi connectivity index (χ1v) is 2.34. The molecule has 0 fully saturated rings. The van der Waals surface area contributed by atoms with Crippen molar-refractivity contribution in [1.82, 2.24) is 0 Å². The fourth-order valence-electron chi connectivity index (χ4n) is 0.515. The molecule has 0 amide bonds. The molecule has 1 N–H and O–H groups in total. The number of aliphatic hydroxyl groups is 1. The molecule has 1 unspecified atom stereocenters. The Morgan fingerprint density at radius 1 is 1.71 bits per heavy atom. The van der Waals surface area contributed by atoms with E-state index in [0.29, 0.717) is 6.61 Å². The Balaban J connectivity index is 2.32. The predicted octanol–water partition coefficient (Wildman–Crippen LogP) is 0.281. The highest BCUT2D eigenvalue weighted by atomic mass is 16.5. The lowest BCUT2D eigenvalue weighted by molar-refractivity contribution is 0.0731. The molecule has 1 atom stereocenters. The fourth-order valence-corrected chi connectivity index (χ4v) is 0.515. The average Bonchev–Trinajstić information content (AvgIpc) is 1.69. The third kappa shape index (κ3) is 1.20. The van der Waals surface area contributed by atoms with Crippen molar-refractivity contribution in [2.24, 2.45) is 0 Å². The van der Waals surface area contributed by atoms with E-state index in [-0.39, 0.29) is 6.10 Å². The largest absolute Gasteiger partial charge is 0.499 e. The summed E-state index contributed by atoms with van der Waals surface area (Å²) in [5, 5.41) is 8.73. The Kier molecular flexibility index (Phi) is 1.32. The second-order valence-corrected chi connectivity index (χ2v) is 1.59. The smallest absolute Gasteiger partial charge is 0.113 e. The molecule has 0 radical (unpaired) electrons. The molecule has 0 aromatic rings. The van der Waals surface area contributed by atoms with Gasteiger partial charge < -0.3 is 9.84 Å². The van der Waals surface area contributed by atoms with E-state index in [1.165, 1.54) is 0 Å². The maximum Gasteiger partial charge on any atom is 0.113 e. The van der Waals surface area contributed by atoms with Crippen molar-refractivity contribution >= 4 is 0 Å². The van der Waals surface area contributed by atoms with Crippen molar-refractivity contribution in [2.45, 2.75) is 12.5 Å². The molecule has 1 aliphatic heterocycles. The van der Waals surface area contributed by atoms with Gasteiger partial charge in [-0.1, -0.05) is 0 Å². The molecular formula is C5H8O2. The van der Waals surface area contributed by atoms with E-state index in [0.717, 1.165) is 6.42 Å². The van der Waals surface area contributed by atoms with Crippen LogP contribution in [0.5, 0.6) is 0 Å². The zero-order valence-corrected chi connectivity index (χ0v) is 4.00. The highest BCUT2D eigenvalue weighted by Gasteiger charge is 2.03. The third-order valence-corrected chi connectivity index (χ3v) is 0.889. The first-order chi connectivity index (χ1) is 3.39. The molecule has 0 aromatic carbocycles. The summed E-state index contributed by atoms with van der Waals surface area (Å²) in [5.41, 5.74) is 0. The SMILES string of the molecule is OC1CC=COC1. The van der Waals surface area contributed by atoms with Gasteiger partial charge in [0.1, 0.15) is 6.61 Å². The van der Waals surface area contributed by atoms with Gasteiger partial charge in [0.25, 0.3) is 0 Å². The molecular weight excluding hydrogens is 92.1 g/mol. The van der Waals surface area contributed by atoms with Gasteiger partial charge in [0.2, 0.25) is 0 Å². The van der Waals surface area contributed by atoms with Crippen LogP contribution < -0.4 is 0 Å². The van der Waals surface area contributed by atoms with E-state index in [2.05, 4.69) is 0 Å². The number of aliphatic hydroxyl groups excluding tert-OH is 1. The van der Waals surface area contributed by atoms with E-state index in [1.54, 1.807) is 6.26 Å². The predicted molar refractivity (Wildman–Crippen MR) is 25.7 cm³/mol. The van der Waals surface area contributed by atoms with Crippen LogP contribution in [0.4, 0.5) is 0 Å². The zero-order valence-electron chi connectivity index (χ0n) is 4.00. The second kappa shape index (κ2) is 1.98. The minimum atomic E-state index is -0.273. The van der Waals surface area contributed by atoms with E-state index in [1.807, 2.05) is 6.08 Å². The van der Waals surface area contributed by atoms with Gasteiger partial charge in [0.15, 0.2) is 0 Å². The summed E-state index contributed by atoms with van der Waals surface area (Å²) in [6, 6.07) is 0. The monoisotopic (exact) mass is 100 g/mol. The molecule has 0 spiro atoms. The van der Waals surface area contributed by atoms with Crippen molar-refractivity contribution in [3.05, 3.63) is 12.3 Å². The van der Waals surface area contributed by atoms with Crippen molar-refractivity contribution < 1.29 is 9.84 Å². The maximum absolute atomic E-state index is 8.73. The Morgan fingerprint density at radius 2 is 2.57 bits per heavy atom. The summed E-state index contributed by atoms with van der Waals surface area (Å²) in [4.78, 5) is 0. The molecule has 0 saturated heterocycles. The van der Waals surface area contributed by atoms with Crippen LogP contribution in [-0.2, 0) is 4.74 Å². The van der Waals surface area contributed by atoms with Gasteiger partial charge in [-0.25, -0.2) is 0 Å². The van der Waals surface area contributed by atoms with Gasteiger partial charge in [-0.05, 0) is 12.5 Å². The lowest BCUT2D eigenvalue weighted by atomic mass is 10.2. The summed E-state index contributed by atoms with van der Waals surface area (Å²) in [6.07, 6.45) is 3.89. The van der Waals surface area contributed by atoms with Crippen molar-refractivity contribution in [2.75, 3.05) is 6.61 Å². The molecule has 40 valence electrons. The van der Waals surface area contributed by atoms with E-state index in [9.17, 15) is 0 Å². The molecule has 1 aliphatic rings. The molecule has 0 aliphatic carbocycles. The van der Waals surface area contributed by atoms with Gasteiger partial charge in [-0.2, -0.15) is 0 Å². The summed E-state index contributed by atoms with van der Waals surface area (Å²) in [7, 11) is 0. The Morgan fingerprint density at radius 3 is 2.86 bits per heavy atom. The van der Waals surface area contributed by atoms with Crippen LogP contribution in [0.25, 0.3) is 0 Å². The summed E-state index contributed by atoms with van der Waals surface area (Å²) in [5.74, 6) is 0. The van der Waals surface area contributed by atoms with Crippen LogP contribution in [0.15, 0.2) is 12.3 Å². The first kappa shape index (κ1) is 4.65. The second-order valence-electron chi connectivity index (χ2n) is 1.59. The molecule has 1 rings (SSSR count). The van der Waals surface area contributed by atoms with Gasteiger partial charge in [-0.3, -0.25) is 0 Å². The summed E-state index contributed by atoms with van der Waals surface area (Å²) < 4.78 is 4.75. The van der Waals surface area contributed by atoms with Gasteiger partial charge >= 0.3 is 0 Å². The minimum Gasteiger partial charge on any atom is -0.499 e. The van der Waals surface area contributed by atoms with Crippen LogP contribution in [0.2, 0.25) is 0 Å². The van der Waals surface area contributed by atoms with Gasteiger partial charge in [0, 0.05) is 0 Å². The third-order valence-electron chi connectivity index (χ3n) is 0.889. The average molecular weight is 100 g/mol. The lowest BCUT2D eigenvalue weighted by Gasteiger charge is -2.10. The fraction of sp³-hybridized carbons (Fsp3) is 0.600. The quantitative estimate of drug-likeness (QED) is 0.474. The molecule has 0 bridgehead atoms.